The lowest BCUT2D eigenvalue weighted by Crippen LogP contribution is -2.23. The highest BCUT2D eigenvalue weighted by atomic mass is 32.2. The number of carbonyl (C=O) groups is 1. The van der Waals surface area contributed by atoms with Gasteiger partial charge in [0.25, 0.3) is 0 Å². The van der Waals surface area contributed by atoms with Crippen molar-refractivity contribution in [1.29, 1.82) is 0 Å². The second kappa shape index (κ2) is 10.8. The smallest absolute Gasteiger partial charge is 0.244 e. The van der Waals surface area contributed by atoms with Crippen LogP contribution in [0.2, 0.25) is 0 Å². The molecule has 8 nitrogen and oxygen atoms in total. The van der Waals surface area contributed by atoms with Crippen molar-refractivity contribution in [2.75, 3.05) is 0 Å². The van der Waals surface area contributed by atoms with Gasteiger partial charge in [-0.1, -0.05) is 36.4 Å². The van der Waals surface area contributed by atoms with Crippen molar-refractivity contribution in [2.24, 2.45) is 0 Å². The first kappa shape index (κ1) is 23.2. The molecule has 0 spiro atoms. The average Bonchev–Trinajstić information content (AvgIpc) is 3.56. The van der Waals surface area contributed by atoms with Crippen LogP contribution in [0.15, 0.2) is 101 Å². The van der Waals surface area contributed by atoms with Crippen LogP contribution >= 0.6 is 0 Å². The minimum Gasteiger partial charge on any atom is -0.468 e. The Kier molecular flexibility index (Phi) is 7.36. The van der Waals surface area contributed by atoms with Crippen LogP contribution in [0.25, 0.3) is 6.08 Å². The molecule has 0 radical (unpaired) electrons. The zero-order chi connectivity index (χ0) is 23.8. The van der Waals surface area contributed by atoms with E-state index >= 15 is 0 Å². The third-order valence-corrected chi connectivity index (χ3v) is 6.53. The van der Waals surface area contributed by atoms with Crippen LogP contribution in [-0.2, 0) is 34.5 Å². The number of sulfonamides is 1. The summed E-state index contributed by atoms with van der Waals surface area (Å²) in [5, 5.41) is 2.89. The molecule has 0 aliphatic carbocycles. The van der Waals surface area contributed by atoms with Crippen LogP contribution in [0, 0.1) is 0 Å². The van der Waals surface area contributed by atoms with Crippen molar-refractivity contribution in [3.05, 3.63) is 114 Å². The Hall–Kier alpha value is -3.95. The van der Waals surface area contributed by atoms with E-state index < -0.39 is 10.0 Å². The zero-order valence-electron chi connectivity index (χ0n) is 18.3. The van der Waals surface area contributed by atoms with Gasteiger partial charge in [0, 0.05) is 31.6 Å². The highest BCUT2D eigenvalue weighted by Gasteiger charge is 2.14. The third kappa shape index (κ3) is 6.31. The summed E-state index contributed by atoms with van der Waals surface area (Å²) in [7, 11) is -3.67. The highest BCUT2D eigenvalue weighted by Crippen LogP contribution is 2.13. The van der Waals surface area contributed by atoms with Gasteiger partial charge < -0.3 is 14.3 Å². The molecule has 0 aliphatic rings. The van der Waals surface area contributed by atoms with Crippen molar-refractivity contribution in [2.45, 2.75) is 24.5 Å². The van der Waals surface area contributed by atoms with Crippen molar-refractivity contribution < 1.29 is 17.6 Å². The molecule has 4 rings (SSSR count). The molecule has 0 saturated carbocycles. The van der Waals surface area contributed by atoms with Crippen LogP contribution in [0.5, 0.6) is 0 Å². The molecule has 174 valence electrons. The number of carbonyl (C=O) groups excluding carboxylic acids is 1. The predicted octanol–water partition coefficient (Wildman–Crippen LogP) is 3.33. The summed E-state index contributed by atoms with van der Waals surface area (Å²) >= 11 is 0. The lowest BCUT2D eigenvalue weighted by molar-refractivity contribution is -0.116. The molecule has 0 fully saturated rings. The lowest BCUT2D eigenvalue weighted by atomic mass is 10.1. The maximum absolute atomic E-state index is 12.4. The number of nitrogens with one attached hydrogen (secondary N) is 2. The van der Waals surface area contributed by atoms with E-state index in [1.165, 1.54) is 24.5 Å². The van der Waals surface area contributed by atoms with Crippen molar-refractivity contribution >= 4 is 22.0 Å². The van der Waals surface area contributed by atoms with Gasteiger partial charge in [0.1, 0.15) is 5.76 Å². The Morgan fingerprint density at radius 2 is 1.79 bits per heavy atom. The molecule has 0 saturated heterocycles. The standard InChI is InChI=1S/C25H24N4O4S/c30-25(27-16-21-4-1-2-5-22(21)18-29-14-13-26-19-29)12-9-20-7-10-24(11-8-20)34(31,32)28-17-23-6-3-15-33-23/h1-15,19,28H,16-18H2,(H,27,30)/b12-9+. The summed E-state index contributed by atoms with van der Waals surface area (Å²) < 4.78 is 34.4. The quantitative estimate of drug-likeness (QED) is 0.342. The highest BCUT2D eigenvalue weighted by molar-refractivity contribution is 7.89. The van der Waals surface area contributed by atoms with Crippen molar-refractivity contribution in [3.8, 4) is 0 Å². The normalized spacial score (nSPS) is 11.6. The minimum atomic E-state index is -3.67. The molecule has 2 N–H and O–H groups in total. The van der Waals surface area contributed by atoms with E-state index in [0.29, 0.717) is 24.4 Å². The van der Waals surface area contributed by atoms with E-state index in [1.807, 2.05) is 35.0 Å². The molecule has 2 aromatic carbocycles. The first-order chi connectivity index (χ1) is 16.5. The summed E-state index contributed by atoms with van der Waals surface area (Å²) in [4.78, 5) is 16.5. The van der Waals surface area contributed by atoms with Gasteiger partial charge in [0.15, 0.2) is 0 Å². The van der Waals surface area contributed by atoms with Gasteiger partial charge in [-0.25, -0.2) is 18.1 Å². The molecule has 9 heteroatoms. The number of aromatic nitrogens is 2. The average molecular weight is 477 g/mol. The number of amides is 1. The molecule has 0 atom stereocenters. The fourth-order valence-corrected chi connectivity index (χ4v) is 4.29. The van der Waals surface area contributed by atoms with E-state index in [2.05, 4.69) is 15.0 Å². The zero-order valence-corrected chi connectivity index (χ0v) is 19.1. The summed E-state index contributed by atoms with van der Waals surface area (Å²) in [5.74, 6) is 0.285. The summed E-state index contributed by atoms with van der Waals surface area (Å²) in [6, 6.07) is 17.6. The fraction of sp³-hybridized carbons (Fsp3) is 0.120. The van der Waals surface area contributed by atoms with E-state index in [-0.39, 0.29) is 17.3 Å². The van der Waals surface area contributed by atoms with Gasteiger partial charge >= 0.3 is 0 Å². The molecule has 34 heavy (non-hydrogen) atoms. The first-order valence-corrected chi connectivity index (χ1v) is 12.1. The second-order valence-corrected chi connectivity index (χ2v) is 9.29. The van der Waals surface area contributed by atoms with Gasteiger partial charge in [-0.15, -0.1) is 0 Å². The van der Waals surface area contributed by atoms with Gasteiger partial charge in [-0.05, 0) is 47.0 Å². The van der Waals surface area contributed by atoms with E-state index in [9.17, 15) is 13.2 Å². The molecular weight excluding hydrogens is 452 g/mol. The summed E-state index contributed by atoms with van der Waals surface area (Å²) in [5.41, 5.74) is 2.83. The predicted molar refractivity (Wildman–Crippen MR) is 128 cm³/mol. The number of rotatable bonds is 10. The Labute approximate surface area is 198 Å². The van der Waals surface area contributed by atoms with E-state index in [4.69, 9.17) is 4.42 Å². The molecule has 2 aromatic heterocycles. The monoisotopic (exact) mass is 476 g/mol. The van der Waals surface area contributed by atoms with Gasteiger partial charge in [-0.2, -0.15) is 0 Å². The second-order valence-electron chi connectivity index (χ2n) is 7.53. The maximum Gasteiger partial charge on any atom is 0.244 e. The Morgan fingerprint density at radius 1 is 1.00 bits per heavy atom. The molecule has 0 bridgehead atoms. The van der Waals surface area contributed by atoms with Crippen molar-refractivity contribution in [1.82, 2.24) is 19.6 Å². The molecule has 4 aromatic rings. The molecule has 0 unspecified atom stereocenters. The van der Waals surface area contributed by atoms with Crippen LogP contribution < -0.4 is 10.0 Å². The molecular formula is C25H24N4O4S. The number of nitrogens with zero attached hydrogens (tertiary/aromatic N) is 2. The SMILES string of the molecule is O=C(/C=C/c1ccc(S(=O)(=O)NCc2ccco2)cc1)NCc1ccccc1Cn1ccnc1. The first-order valence-electron chi connectivity index (χ1n) is 10.6. The van der Waals surface area contributed by atoms with Crippen LogP contribution in [0.4, 0.5) is 0 Å². The summed E-state index contributed by atoms with van der Waals surface area (Å²) in [6.45, 7) is 1.14. The van der Waals surface area contributed by atoms with Gasteiger partial charge in [0.05, 0.1) is 24.0 Å². The number of hydrogen-bond donors (Lipinski definition) is 2. The topological polar surface area (TPSA) is 106 Å². The Bertz CT molecular complexity index is 1340. The van der Waals surface area contributed by atoms with Crippen LogP contribution in [0.1, 0.15) is 22.5 Å². The molecule has 1 amide bonds. The number of benzene rings is 2. The van der Waals surface area contributed by atoms with E-state index in [1.54, 1.807) is 42.9 Å². The minimum absolute atomic E-state index is 0.0720. The fourth-order valence-electron chi connectivity index (χ4n) is 3.30. The number of furan rings is 1. The number of hydrogen-bond acceptors (Lipinski definition) is 5. The Morgan fingerprint density at radius 3 is 2.50 bits per heavy atom. The maximum atomic E-state index is 12.4. The van der Waals surface area contributed by atoms with Crippen LogP contribution in [0.3, 0.4) is 0 Å². The lowest BCUT2D eigenvalue weighted by Gasteiger charge is -2.10. The molecule has 0 aliphatic heterocycles. The van der Waals surface area contributed by atoms with E-state index in [0.717, 1.165) is 11.1 Å². The third-order valence-electron chi connectivity index (χ3n) is 5.12. The van der Waals surface area contributed by atoms with Gasteiger partial charge in [-0.3, -0.25) is 4.79 Å². The van der Waals surface area contributed by atoms with Crippen LogP contribution in [-0.4, -0.2) is 23.9 Å². The van der Waals surface area contributed by atoms with Crippen molar-refractivity contribution in [3.63, 3.8) is 0 Å². The largest absolute Gasteiger partial charge is 0.468 e. The number of imidazole rings is 1. The molecule has 2 heterocycles. The van der Waals surface area contributed by atoms with Gasteiger partial charge in [0.2, 0.25) is 15.9 Å². The Balaban J connectivity index is 1.31. The summed E-state index contributed by atoms with van der Waals surface area (Å²) in [6.07, 6.45) is 9.93.